The number of pyridine rings is 1. The van der Waals surface area contributed by atoms with Gasteiger partial charge in [0.25, 0.3) is 0 Å². The third kappa shape index (κ3) is 6.98. The lowest BCUT2D eigenvalue weighted by molar-refractivity contribution is 0.242. The molecule has 1 saturated carbocycles. The Morgan fingerprint density at radius 2 is 1.93 bits per heavy atom. The molecule has 1 atom stereocenters. The first-order valence-electron chi connectivity index (χ1n) is 11.2. The number of guanidine groups is 1. The molecule has 6 nitrogen and oxygen atoms in total. The fourth-order valence-electron chi connectivity index (χ4n) is 4.43. The molecule has 2 heterocycles. The molecule has 1 aromatic heterocycles. The Hall–Kier alpha value is -1.09. The Morgan fingerprint density at radius 1 is 1.17 bits per heavy atom. The lowest BCUT2D eigenvalue weighted by atomic mass is 10.2. The predicted molar refractivity (Wildman–Crippen MR) is 133 cm³/mol. The van der Waals surface area contributed by atoms with Crippen LogP contribution in [-0.4, -0.2) is 60.7 Å². The number of hydrogen-bond acceptors (Lipinski definition) is 4. The maximum Gasteiger partial charge on any atom is 0.191 e. The van der Waals surface area contributed by atoms with Crippen molar-refractivity contribution in [2.75, 3.05) is 37.6 Å². The van der Waals surface area contributed by atoms with Crippen LogP contribution < -0.4 is 15.5 Å². The second kappa shape index (κ2) is 12.6. The van der Waals surface area contributed by atoms with Gasteiger partial charge in [-0.1, -0.05) is 18.9 Å². The van der Waals surface area contributed by atoms with Crippen LogP contribution in [0.25, 0.3) is 0 Å². The first kappa shape index (κ1) is 24.2. The average Bonchev–Trinajstić information content (AvgIpc) is 3.40. The molecule has 2 N–H and O–H groups in total. The van der Waals surface area contributed by atoms with Crippen molar-refractivity contribution in [1.29, 1.82) is 0 Å². The monoisotopic (exact) mass is 514 g/mol. The lowest BCUT2D eigenvalue weighted by Gasteiger charge is -2.24. The molecule has 0 bridgehead atoms. The van der Waals surface area contributed by atoms with Crippen LogP contribution in [0.3, 0.4) is 0 Å². The molecule has 0 aromatic carbocycles. The predicted octanol–water partition coefficient (Wildman–Crippen LogP) is 3.62. The van der Waals surface area contributed by atoms with Crippen LogP contribution in [0.2, 0.25) is 0 Å². The third-order valence-electron chi connectivity index (χ3n) is 6.06. The summed E-state index contributed by atoms with van der Waals surface area (Å²) in [5, 5.41) is 7.06. The summed E-state index contributed by atoms with van der Waals surface area (Å²) in [7, 11) is 0. The molecule has 29 heavy (non-hydrogen) atoms. The summed E-state index contributed by atoms with van der Waals surface area (Å²) in [5.74, 6) is 1.97. The number of nitrogens with one attached hydrogen (secondary N) is 2. The van der Waals surface area contributed by atoms with E-state index in [9.17, 15) is 0 Å². The average molecular weight is 515 g/mol. The van der Waals surface area contributed by atoms with Crippen LogP contribution >= 0.6 is 24.0 Å². The van der Waals surface area contributed by atoms with Gasteiger partial charge < -0.3 is 15.5 Å². The third-order valence-corrected chi connectivity index (χ3v) is 6.06. The van der Waals surface area contributed by atoms with Crippen LogP contribution in [0.1, 0.15) is 58.4 Å². The minimum absolute atomic E-state index is 0. The van der Waals surface area contributed by atoms with Gasteiger partial charge in [0.2, 0.25) is 0 Å². The van der Waals surface area contributed by atoms with Gasteiger partial charge in [-0.25, -0.2) is 9.98 Å². The molecule has 1 aliphatic carbocycles. The molecule has 0 spiro atoms. The molecule has 1 aliphatic heterocycles. The van der Waals surface area contributed by atoms with Gasteiger partial charge in [0, 0.05) is 51.0 Å². The molecule has 0 radical (unpaired) electrons. The van der Waals surface area contributed by atoms with E-state index < -0.39 is 0 Å². The van der Waals surface area contributed by atoms with Crippen LogP contribution in [0.15, 0.2) is 23.3 Å². The van der Waals surface area contributed by atoms with Gasteiger partial charge in [-0.05, 0) is 51.7 Å². The number of hydrogen-bond donors (Lipinski definition) is 2. The number of anilines is 1. The smallest absolute Gasteiger partial charge is 0.191 e. The summed E-state index contributed by atoms with van der Waals surface area (Å²) < 4.78 is 0. The first-order valence-corrected chi connectivity index (χ1v) is 11.2. The largest absolute Gasteiger partial charge is 0.357 e. The number of rotatable bonds is 8. The second-order valence-electron chi connectivity index (χ2n) is 7.96. The molecule has 3 rings (SSSR count). The van der Waals surface area contributed by atoms with Crippen molar-refractivity contribution in [3.8, 4) is 0 Å². The SMILES string of the molecule is CCNC(=NCc1ccc(N(CC)CC)nc1)NC1CCN(C2CCCC2)C1.I. The van der Waals surface area contributed by atoms with Crippen molar-refractivity contribution < 1.29 is 0 Å². The van der Waals surface area contributed by atoms with Crippen LogP contribution in [-0.2, 0) is 6.54 Å². The van der Waals surface area contributed by atoms with Gasteiger partial charge in [-0.2, -0.15) is 0 Å². The van der Waals surface area contributed by atoms with Gasteiger partial charge in [0.1, 0.15) is 5.82 Å². The van der Waals surface area contributed by atoms with Crippen LogP contribution in [0.5, 0.6) is 0 Å². The maximum absolute atomic E-state index is 4.81. The summed E-state index contributed by atoms with van der Waals surface area (Å²) >= 11 is 0. The molecule has 2 fully saturated rings. The Labute approximate surface area is 194 Å². The topological polar surface area (TPSA) is 55.8 Å². The summed E-state index contributed by atoms with van der Waals surface area (Å²) in [6.45, 7) is 12.3. The molecule has 0 amide bonds. The summed E-state index contributed by atoms with van der Waals surface area (Å²) in [4.78, 5) is 14.4. The Bertz CT molecular complexity index is 610. The van der Waals surface area contributed by atoms with E-state index in [1.807, 2.05) is 6.20 Å². The van der Waals surface area contributed by atoms with Crippen LogP contribution in [0.4, 0.5) is 5.82 Å². The number of likely N-dealkylation sites (tertiary alicyclic amines) is 1. The quantitative estimate of drug-likeness (QED) is 0.316. The fraction of sp³-hybridized carbons (Fsp3) is 0.727. The van der Waals surface area contributed by atoms with E-state index in [4.69, 9.17) is 4.99 Å². The van der Waals surface area contributed by atoms with Crippen molar-refractivity contribution in [2.24, 2.45) is 4.99 Å². The molecule has 164 valence electrons. The van der Waals surface area contributed by atoms with Gasteiger partial charge in [-0.3, -0.25) is 4.90 Å². The molecule has 7 heteroatoms. The summed E-state index contributed by atoms with van der Waals surface area (Å²) in [6.07, 6.45) is 8.75. The standard InChI is InChI=1S/C22H38N6.HI/c1-4-23-22(26-19-13-14-28(17-19)20-9-7-8-10-20)25-16-18-11-12-21(24-15-18)27(5-2)6-3;/h11-12,15,19-20H,4-10,13-14,16-17H2,1-3H3,(H2,23,25,26);1H. The van der Waals surface area contributed by atoms with Crippen molar-refractivity contribution in [1.82, 2.24) is 20.5 Å². The van der Waals surface area contributed by atoms with Crippen molar-refractivity contribution in [2.45, 2.75) is 71.5 Å². The molecular weight excluding hydrogens is 475 g/mol. The minimum atomic E-state index is 0. The Kier molecular flexibility index (Phi) is 10.5. The zero-order chi connectivity index (χ0) is 19.8. The highest BCUT2D eigenvalue weighted by Gasteiger charge is 2.30. The van der Waals surface area contributed by atoms with E-state index in [2.05, 4.69) is 58.3 Å². The Balaban J connectivity index is 0.00000300. The Morgan fingerprint density at radius 3 is 2.55 bits per heavy atom. The van der Waals surface area contributed by atoms with E-state index in [1.165, 1.54) is 38.6 Å². The van der Waals surface area contributed by atoms with Gasteiger partial charge >= 0.3 is 0 Å². The highest BCUT2D eigenvalue weighted by molar-refractivity contribution is 14.0. The lowest BCUT2D eigenvalue weighted by Crippen LogP contribution is -2.45. The highest BCUT2D eigenvalue weighted by atomic mass is 127. The fourth-order valence-corrected chi connectivity index (χ4v) is 4.43. The van der Waals surface area contributed by atoms with Gasteiger partial charge in [0.15, 0.2) is 5.96 Å². The van der Waals surface area contributed by atoms with E-state index in [0.29, 0.717) is 12.6 Å². The van der Waals surface area contributed by atoms with E-state index >= 15 is 0 Å². The summed E-state index contributed by atoms with van der Waals surface area (Å²) in [5.41, 5.74) is 1.15. The van der Waals surface area contributed by atoms with E-state index in [0.717, 1.165) is 49.6 Å². The second-order valence-corrected chi connectivity index (χ2v) is 7.96. The molecule has 1 aromatic rings. The number of aliphatic imine (C=N–C) groups is 1. The molecule has 1 unspecified atom stereocenters. The van der Waals surface area contributed by atoms with Crippen molar-refractivity contribution in [3.05, 3.63) is 23.9 Å². The van der Waals surface area contributed by atoms with Gasteiger partial charge in [0.05, 0.1) is 6.54 Å². The van der Waals surface area contributed by atoms with E-state index in [1.54, 1.807) is 0 Å². The number of halogens is 1. The van der Waals surface area contributed by atoms with Gasteiger partial charge in [-0.15, -0.1) is 24.0 Å². The van der Waals surface area contributed by atoms with Crippen LogP contribution in [0, 0.1) is 0 Å². The van der Waals surface area contributed by atoms with E-state index in [-0.39, 0.29) is 24.0 Å². The minimum Gasteiger partial charge on any atom is -0.357 e. The normalized spacial score (nSPS) is 20.5. The molecule has 1 saturated heterocycles. The van der Waals surface area contributed by atoms with Crippen molar-refractivity contribution in [3.63, 3.8) is 0 Å². The molecular formula is C22H39IN6. The zero-order valence-corrected chi connectivity index (χ0v) is 20.7. The zero-order valence-electron chi connectivity index (χ0n) is 18.4. The summed E-state index contributed by atoms with van der Waals surface area (Å²) in [6, 6.07) is 5.57. The molecule has 2 aliphatic rings. The first-order chi connectivity index (χ1) is 13.7. The highest BCUT2D eigenvalue weighted by Crippen LogP contribution is 2.26. The van der Waals surface area contributed by atoms with Crippen molar-refractivity contribution >= 4 is 35.8 Å². The number of aromatic nitrogens is 1. The maximum atomic E-state index is 4.81. The number of nitrogens with zero attached hydrogens (tertiary/aromatic N) is 4.